The molecule has 0 unspecified atom stereocenters. The minimum absolute atomic E-state index is 0.164. The minimum Gasteiger partial charge on any atom is -0.490 e. The van der Waals surface area contributed by atoms with Crippen LogP contribution in [0.15, 0.2) is 60.8 Å². The maximum absolute atomic E-state index is 12.6. The molecule has 1 atom stereocenters. The molecule has 200 valence electrons. The van der Waals surface area contributed by atoms with Crippen molar-refractivity contribution >= 4 is 22.7 Å². The fraction of sp³-hybridized carbons (Fsp3) is 0.250. The number of H-pyrrole nitrogens is 1. The van der Waals surface area contributed by atoms with Gasteiger partial charge >= 0.3 is 0 Å². The zero-order valence-electron chi connectivity index (χ0n) is 22.6. The molecular weight excluding hydrogens is 490 g/mol. The van der Waals surface area contributed by atoms with Crippen LogP contribution in [0, 0.1) is 18.8 Å². The number of aromatic nitrogens is 1. The zero-order chi connectivity index (χ0) is 28.1. The lowest BCUT2D eigenvalue weighted by Crippen LogP contribution is -2.19. The van der Waals surface area contributed by atoms with Gasteiger partial charge in [-0.15, -0.1) is 0 Å². The smallest absolute Gasteiger partial charge is 0.252 e. The number of amides is 2. The first-order valence-corrected chi connectivity index (χ1v) is 12.9. The Labute approximate surface area is 228 Å². The molecule has 39 heavy (non-hydrogen) atoms. The fourth-order valence-electron chi connectivity index (χ4n) is 4.64. The lowest BCUT2D eigenvalue weighted by molar-refractivity contribution is 0.0961. The molecular formula is C32H33N3O4. The fourth-order valence-corrected chi connectivity index (χ4v) is 4.64. The van der Waals surface area contributed by atoms with Crippen molar-refractivity contribution in [3.8, 4) is 17.6 Å². The van der Waals surface area contributed by atoms with Crippen molar-refractivity contribution in [2.24, 2.45) is 5.73 Å². The van der Waals surface area contributed by atoms with E-state index in [0.29, 0.717) is 28.9 Å². The molecule has 3 aromatic carbocycles. The summed E-state index contributed by atoms with van der Waals surface area (Å²) in [5, 5.41) is 14.2. The van der Waals surface area contributed by atoms with Crippen molar-refractivity contribution in [3.63, 3.8) is 0 Å². The number of aliphatic hydroxyl groups is 1. The predicted octanol–water partition coefficient (Wildman–Crippen LogP) is 4.44. The number of carbonyl (C=O) groups is 2. The first-order valence-electron chi connectivity index (χ1n) is 12.9. The molecule has 5 N–H and O–H groups in total. The number of fused-ring (bicyclic) bond motifs is 1. The molecule has 0 aliphatic rings. The highest BCUT2D eigenvalue weighted by Crippen LogP contribution is 2.35. The number of primary amides is 1. The molecule has 1 aromatic heterocycles. The molecule has 1 heterocycles. The summed E-state index contributed by atoms with van der Waals surface area (Å²) >= 11 is 0. The first kappa shape index (κ1) is 27.5. The van der Waals surface area contributed by atoms with Gasteiger partial charge in [-0.25, -0.2) is 0 Å². The van der Waals surface area contributed by atoms with E-state index in [9.17, 15) is 14.7 Å². The third kappa shape index (κ3) is 6.14. The number of aromatic amines is 1. The largest absolute Gasteiger partial charge is 0.490 e. The number of para-hydroxylation sites is 1. The number of nitrogens with two attached hydrogens (primary N) is 1. The Balaban J connectivity index is 1.80. The maximum Gasteiger partial charge on any atom is 0.252 e. The number of nitrogens with one attached hydrogen (secondary N) is 2. The topological polar surface area (TPSA) is 117 Å². The van der Waals surface area contributed by atoms with Gasteiger partial charge in [0.25, 0.3) is 11.8 Å². The Morgan fingerprint density at radius 1 is 1.10 bits per heavy atom. The van der Waals surface area contributed by atoms with Crippen molar-refractivity contribution in [1.29, 1.82) is 0 Å². The van der Waals surface area contributed by atoms with Crippen LogP contribution in [0.5, 0.6) is 5.75 Å². The van der Waals surface area contributed by atoms with E-state index in [2.05, 4.69) is 22.1 Å². The molecule has 7 nitrogen and oxygen atoms in total. The highest BCUT2D eigenvalue weighted by atomic mass is 16.5. The number of hydrogen-bond acceptors (Lipinski definition) is 4. The molecule has 7 heteroatoms. The van der Waals surface area contributed by atoms with Crippen molar-refractivity contribution in [3.05, 3.63) is 99.7 Å². The van der Waals surface area contributed by atoms with Crippen molar-refractivity contribution in [2.75, 3.05) is 13.7 Å². The summed E-state index contributed by atoms with van der Waals surface area (Å²) in [5.74, 6) is 5.50. The van der Waals surface area contributed by atoms with Gasteiger partial charge in [-0.2, -0.15) is 0 Å². The Hall–Kier alpha value is -4.54. The molecule has 0 spiro atoms. The van der Waals surface area contributed by atoms with E-state index in [-0.39, 0.29) is 30.1 Å². The van der Waals surface area contributed by atoms with Crippen LogP contribution in [-0.4, -0.2) is 41.7 Å². The van der Waals surface area contributed by atoms with Crippen LogP contribution < -0.4 is 15.8 Å². The zero-order valence-corrected chi connectivity index (χ0v) is 22.6. The van der Waals surface area contributed by atoms with Gasteiger partial charge in [0, 0.05) is 52.3 Å². The van der Waals surface area contributed by atoms with Gasteiger partial charge in [0.15, 0.2) is 0 Å². The van der Waals surface area contributed by atoms with Crippen LogP contribution in [0.1, 0.15) is 68.3 Å². The quantitative estimate of drug-likeness (QED) is 0.255. The van der Waals surface area contributed by atoms with E-state index in [1.165, 1.54) is 0 Å². The molecule has 0 fully saturated rings. The first-order chi connectivity index (χ1) is 18.7. The van der Waals surface area contributed by atoms with E-state index in [1.54, 1.807) is 31.3 Å². The van der Waals surface area contributed by atoms with Crippen LogP contribution in [0.4, 0.5) is 0 Å². The van der Waals surface area contributed by atoms with Crippen molar-refractivity contribution in [1.82, 2.24) is 10.3 Å². The number of aryl methyl sites for hydroxylation is 1. The number of ether oxygens (including phenoxy) is 1. The summed E-state index contributed by atoms with van der Waals surface area (Å²) in [5.41, 5.74) is 11.5. The maximum atomic E-state index is 12.6. The minimum atomic E-state index is -0.634. The molecule has 4 rings (SSSR count). The molecule has 0 bridgehead atoms. The number of rotatable bonds is 8. The highest BCUT2D eigenvalue weighted by molar-refractivity contribution is 5.97. The average Bonchev–Trinajstić information content (AvgIpc) is 3.33. The Morgan fingerprint density at radius 3 is 2.54 bits per heavy atom. The number of aliphatic hydroxyl groups excluding tert-OH is 1. The van der Waals surface area contributed by atoms with Gasteiger partial charge < -0.3 is 25.9 Å². The summed E-state index contributed by atoms with van der Waals surface area (Å²) in [4.78, 5) is 27.8. The number of carbonyl (C=O) groups excluding carboxylic acids is 2. The molecule has 0 radical (unpaired) electrons. The normalized spacial score (nSPS) is 11.6. The molecule has 0 saturated heterocycles. The third-order valence-corrected chi connectivity index (χ3v) is 6.60. The van der Waals surface area contributed by atoms with Crippen LogP contribution >= 0.6 is 0 Å². The Morgan fingerprint density at radius 2 is 1.87 bits per heavy atom. The standard InChI is InChI=1S/C32H33N3O4/c1-19(2)39-30-27(25(18-36)16-24-17-35-29-8-6-5-7-26(24)29)14-21(15-28(30)31(33)37)9-10-22-11-12-23(13-20(22)3)32(38)34-4/h5-8,11-15,17,19,25,35-36H,16,18H2,1-4H3,(H2,33,37)(H,34,38)/t25-/m0/s1. The second-order valence-corrected chi connectivity index (χ2v) is 9.77. The van der Waals surface area contributed by atoms with Gasteiger partial charge in [-0.3, -0.25) is 9.59 Å². The van der Waals surface area contributed by atoms with Gasteiger partial charge in [0.05, 0.1) is 18.3 Å². The van der Waals surface area contributed by atoms with Crippen molar-refractivity contribution in [2.45, 2.75) is 39.2 Å². The van der Waals surface area contributed by atoms with Gasteiger partial charge in [-0.05, 0) is 74.7 Å². The number of hydrogen-bond donors (Lipinski definition) is 4. The molecule has 0 aliphatic heterocycles. The van der Waals surface area contributed by atoms with E-state index >= 15 is 0 Å². The number of benzene rings is 3. The molecule has 4 aromatic rings. The second kappa shape index (κ2) is 11.9. The Kier molecular flexibility index (Phi) is 8.38. The summed E-state index contributed by atoms with van der Waals surface area (Å²) in [7, 11) is 1.59. The van der Waals surface area contributed by atoms with Crippen molar-refractivity contribution < 1.29 is 19.4 Å². The van der Waals surface area contributed by atoms with Crippen LogP contribution in [0.25, 0.3) is 10.9 Å². The van der Waals surface area contributed by atoms with Crippen LogP contribution in [0.2, 0.25) is 0 Å². The van der Waals surface area contributed by atoms with E-state index < -0.39 is 5.91 Å². The lowest BCUT2D eigenvalue weighted by atomic mass is 9.88. The summed E-state index contributed by atoms with van der Waals surface area (Å²) in [6, 6.07) is 16.8. The molecule has 0 saturated carbocycles. The summed E-state index contributed by atoms with van der Waals surface area (Å²) in [6.07, 6.45) is 2.25. The molecule has 2 amide bonds. The average molecular weight is 524 g/mol. The monoisotopic (exact) mass is 523 g/mol. The van der Waals surface area contributed by atoms with E-state index in [1.807, 2.05) is 57.3 Å². The summed E-state index contributed by atoms with van der Waals surface area (Å²) < 4.78 is 6.10. The Bertz CT molecular complexity index is 1590. The predicted molar refractivity (Wildman–Crippen MR) is 153 cm³/mol. The second-order valence-electron chi connectivity index (χ2n) is 9.77. The van der Waals surface area contributed by atoms with Gasteiger partial charge in [0.1, 0.15) is 5.75 Å². The SMILES string of the molecule is CNC(=O)c1ccc(C#Cc2cc(C(N)=O)c(OC(C)C)c([C@H](CO)Cc3c[nH]c4ccccc34)c2)c(C)c1. The van der Waals surface area contributed by atoms with E-state index in [4.69, 9.17) is 10.5 Å². The van der Waals surface area contributed by atoms with E-state index in [0.717, 1.165) is 27.6 Å². The van der Waals surface area contributed by atoms with Crippen LogP contribution in [-0.2, 0) is 6.42 Å². The van der Waals surface area contributed by atoms with Gasteiger partial charge in [-0.1, -0.05) is 30.0 Å². The third-order valence-electron chi connectivity index (χ3n) is 6.60. The highest BCUT2D eigenvalue weighted by Gasteiger charge is 2.24. The summed E-state index contributed by atoms with van der Waals surface area (Å²) in [6.45, 7) is 5.48. The van der Waals surface area contributed by atoms with Crippen LogP contribution in [0.3, 0.4) is 0 Å². The molecule has 0 aliphatic carbocycles. The van der Waals surface area contributed by atoms with Gasteiger partial charge in [0.2, 0.25) is 0 Å². The lowest BCUT2D eigenvalue weighted by Gasteiger charge is -2.23.